The molecule has 0 saturated heterocycles. The molecule has 0 amide bonds. The Morgan fingerprint density at radius 1 is 1.47 bits per heavy atom. The number of allylic oxidation sites excluding steroid dienone is 1. The normalized spacial score (nSPS) is 16.9. The number of anilines is 1. The van der Waals surface area contributed by atoms with Gasteiger partial charge in [-0.3, -0.25) is 4.79 Å². The topological polar surface area (TPSA) is 20.3 Å². The predicted molar refractivity (Wildman–Crippen MR) is 64.1 cm³/mol. The molecule has 0 spiro atoms. The number of thioether (sulfide) groups is 1. The molecule has 1 aliphatic heterocycles. The van der Waals surface area contributed by atoms with Crippen molar-refractivity contribution in [2.24, 2.45) is 0 Å². The molecule has 1 heterocycles. The van der Waals surface area contributed by atoms with Gasteiger partial charge >= 0.3 is 0 Å². The highest BCUT2D eigenvalue weighted by molar-refractivity contribution is 8.03. The van der Waals surface area contributed by atoms with Crippen LogP contribution < -0.4 is 4.90 Å². The first-order valence-corrected chi connectivity index (χ1v) is 5.80. The zero-order valence-electron chi connectivity index (χ0n) is 8.86. The number of ketones is 1. The summed E-state index contributed by atoms with van der Waals surface area (Å²) in [5.74, 6) is 0.101. The molecule has 0 aliphatic carbocycles. The van der Waals surface area contributed by atoms with Crippen molar-refractivity contribution in [3.8, 4) is 0 Å². The van der Waals surface area contributed by atoms with Crippen molar-refractivity contribution in [1.29, 1.82) is 0 Å². The maximum absolute atomic E-state index is 11.1. The molecule has 1 aliphatic rings. The smallest absolute Gasteiger partial charge is 0.155 e. The number of nitrogens with zero attached hydrogens (tertiary/aromatic N) is 1. The fourth-order valence-corrected chi connectivity index (χ4v) is 2.88. The number of hydrogen-bond donors (Lipinski definition) is 0. The second-order valence-corrected chi connectivity index (χ2v) is 4.47. The molecule has 15 heavy (non-hydrogen) atoms. The van der Waals surface area contributed by atoms with Gasteiger partial charge in [0, 0.05) is 17.5 Å². The second kappa shape index (κ2) is 4.11. The summed E-state index contributed by atoms with van der Waals surface area (Å²) in [5, 5.41) is 1.03. The van der Waals surface area contributed by atoms with Gasteiger partial charge in [0.1, 0.15) is 0 Å². The predicted octanol–water partition coefficient (Wildman–Crippen LogP) is 3.05. The summed E-state index contributed by atoms with van der Waals surface area (Å²) >= 11 is 1.66. The summed E-state index contributed by atoms with van der Waals surface area (Å²) in [5.41, 5.74) is 1.21. The van der Waals surface area contributed by atoms with E-state index >= 15 is 0 Å². The van der Waals surface area contributed by atoms with Crippen molar-refractivity contribution in [2.75, 3.05) is 11.4 Å². The van der Waals surface area contributed by atoms with Gasteiger partial charge in [0.15, 0.2) is 5.78 Å². The largest absolute Gasteiger partial charge is 0.335 e. The van der Waals surface area contributed by atoms with Gasteiger partial charge in [-0.05, 0) is 26.0 Å². The Morgan fingerprint density at radius 3 is 2.87 bits per heavy atom. The Bertz CT molecular complexity index is 425. The maximum atomic E-state index is 11.1. The third-order valence-corrected chi connectivity index (χ3v) is 3.39. The Kier molecular flexibility index (Phi) is 2.82. The molecule has 0 aromatic heterocycles. The third-order valence-electron chi connectivity index (χ3n) is 2.28. The van der Waals surface area contributed by atoms with E-state index in [4.69, 9.17) is 0 Å². The van der Waals surface area contributed by atoms with Gasteiger partial charge in [-0.25, -0.2) is 0 Å². The zero-order chi connectivity index (χ0) is 10.8. The molecule has 0 radical (unpaired) electrons. The van der Waals surface area contributed by atoms with Crippen molar-refractivity contribution in [1.82, 2.24) is 0 Å². The summed E-state index contributed by atoms with van der Waals surface area (Å²) in [7, 11) is 0. The lowest BCUT2D eigenvalue weighted by atomic mass is 10.3. The lowest BCUT2D eigenvalue weighted by Gasteiger charge is -2.17. The summed E-state index contributed by atoms with van der Waals surface area (Å²) in [4.78, 5) is 14.5. The third kappa shape index (κ3) is 1.92. The van der Waals surface area contributed by atoms with Crippen LogP contribution in [0.25, 0.3) is 0 Å². The van der Waals surface area contributed by atoms with Gasteiger partial charge in [-0.1, -0.05) is 23.9 Å². The van der Waals surface area contributed by atoms with E-state index in [1.54, 1.807) is 24.8 Å². The van der Waals surface area contributed by atoms with E-state index < -0.39 is 0 Å². The average Bonchev–Trinajstić information content (AvgIpc) is 2.53. The van der Waals surface area contributed by atoms with Gasteiger partial charge in [-0.2, -0.15) is 0 Å². The van der Waals surface area contributed by atoms with Crippen LogP contribution in [0.15, 0.2) is 40.3 Å². The Balaban J connectivity index is 2.41. The number of carbonyl (C=O) groups excluding carboxylic acids is 1. The minimum absolute atomic E-state index is 0.101. The van der Waals surface area contributed by atoms with Crippen molar-refractivity contribution in [2.45, 2.75) is 18.7 Å². The highest BCUT2D eigenvalue weighted by Gasteiger charge is 2.23. The molecule has 1 aromatic carbocycles. The number of para-hydroxylation sites is 1. The van der Waals surface area contributed by atoms with Crippen LogP contribution in [0.4, 0.5) is 5.69 Å². The van der Waals surface area contributed by atoms with Crippen molar-refractivity contribution in [3.63, 3.8) is 0 Å². The first kappa shape index (κ1) is 10.3. The summed E-state index contributed by atoms with van der Waals surface area (Å²) < 4.78 is 0. The molecule has 0 N–H and O–H groups in total. The first-order chi connectivity index (χ1) is 7.22. The maximum Gasteiger partial charge on any atom is 0.155 e. The summed E-state index contributed by atoms with van der Waals surface area (Å²) in [6.45, 7) is 4.57. The van der Waals surface area contributed by atoms with Gasteiger partial charge < -0.3 is 4.90 Å². The Hall–Kier alpha value is -1.22. The molecular weight excluding hydrogens is 206 g/mol. The first-order valence-electron chi connectivity index (χ1n) is 4.99. The minimum atomic E-state index is 0.101. The highest BCUT2D eigenvalue weighted by atomic mass is 32.2. The van der Waals surface area contributed by atoms with E-state index in [-0.39, 0.29) is 5.78 Å². The number of carbonyl (C=O) groups is 1. The van der Waals surface area contributed by atoms with Crippen molar-refractivity contribution in [3.05, 3.63) is 35.4 Å². The van der Waals surface area contributed by atoms with E-state index in [2.05, 4.69) is 24.0 Å². The van der Waals surface area contributed by atoms with Crippen LogP contribution in [0, 0.1) is 0 Å². The fraction of sp³-hybridized carbons (Fsp3) is 0.250. The fourth-order valence-electron chi connectivity index (χ4n) is 1.66. The zero-order valence-corrected chi connectivity index (χ0v) is 9.67. The molecule has 78 valence electrons. The van der Waals surface area contributed by atoms with Crippen molar-refractivity contribution >= 4 is 23.2 Å². The number of hydrogen-bond acceptors (Lipinski definition) is 3. The van der Waals surface area contributed by atoms with Crippen LogP contribution in [0.3, 0.4) is 0 Å². The SMILES string of the molecule is CCN1C(=CC(C)=O)Sc2ccccc21. The van der Waals surface area contributed by atoms with E-state index in [9.17, 15) is 4.79 Å². The molecule has 0 saturated carbocycles. The van der Waals surface area contributed by atoms with Crippen molar-refractivity contribution < 1.29 is 4.79 Å². The molecule has 2 rings (SSSR count). The van der Waals surface area contributed by atoms with Crippen LogP contribution in [0.5, 0.6) is 0 Å². The Morgan fingerprint density at radius 2 is 2.20 bits per heavy atom. The molecule has 0 atom stereocenters. The number of benzene rings is 1. The van der Waals surface area contributed by atoms with Gasteiger partial charge in [-0.15, -0.1) is 0 Å². The van der Waals surface area contributed by atoms with E-state index in [1.165, 1.54) is 10.6 Å². The van der Waals surface area contributed by atoms with Crippen LogP contribution in [0.1, 0.15) is 13.8 Å². The average molecular weight is 219 g/mol. The number of rotatable bonds is 2. The molecule has 0 fully saturated rings. The van der Waals surface area contributed by atoms with E-state index in [1.807, 2.05) is 12.1 Å². The molecule has 2 nitrogen and oxygen atoms in total. The van der Waals surface area contributed by atoms with E-state index in [0.29, 0.717) is 0 Å². The summed E-state index contributed by atoms with van der Waals surface area (Å²) in [6, 6.07) is 8.23. The standard InChI is InChI=1S/C12H13NOS/c1-3-13-10-6-4-5-7-11(10)15-12(13)8-9(2)14/h4-8H,3H2,1-2H3. The minimum Gasteiger partial charge on any atom is -0.335 e. The quantitative estimate of drug-likeness (QED) is 0.713. The van der Waals surface area contributed by atoms with Gasteiger partial charge in [0.2, 0.25) is 0 Å². The molecule has 0 bridgehead atoms. The van der Waals surface area contributed by atoms with Crippen LogP contribution in [-0.4, -0.2) is 12.3 Å². The number of fused-ring (bicyclic) bond motifs is 1. The Labute approximate surface area is 94.0 Å². The highest BCUT2D eigenvalue weighted by Crippen LogP contribution is 2.45. The molecule has 1 aromatic rings. The summed E-state index contributed by atoms with van der Waals surface area (Å²) in [6.07, 6.45) is 1.70. The lowest BCUT2D eigenvalue weighted by molar-refractivity contribution is -0.112. The molecule has 3 heteroatoms. The molecular formula is C12H13NOS. The van der Waals surface area contributed by atoms with Crippen LogP contribution in [-0.2, 0) is 4.79 Å². The van der Waals surface area contributed by atoms with Gasteiger partial charge in [0.05, 0.1) is 10.7 Å². The van der Waals surface area contributed by atoms with Crippen LogP contribution in [0.2, 0.25) is 0 Å². The monoisotopic (exact) mass is 219 g/mol. The van der Waals surface area contributed by atoms with E-state index in [0.717, 1.165) is 11.6 Å². The van der Waals surface area contributed by atoms with Gasteiger partial charge in [0.25, 0.3) is 0 Å². The lowest BCUT2D eigenvalue weighted by Crippen LogP contribution is -2.16. The van der Waals surface area contributed by atoms with Crippen LogP contribution >= 0.6 is 11.8 Å². The molecule has 0 unspecified atom stereocenters. The second-order valence-electron chi connectivity index (χ2n) is 3.41.